The highest BCUT2D eigenvalue weighted by Gasteiger charge is 2.25. The van der Waals surface area contributed by atoms with Crippen LogP contribution in [0, 0.1) is 6.92 Å². The number of aryl methyl sites for hydroxylation is 1. The fourth-order valence-corrected chi connectivity index (χ4v) is 3.65. The Kier molecular flexibility index (Phi) is 2.31. The zero-order valence-corrected chi connectivity index (χ0v) is 9.99. The van der Waals surface area contributed by atoms with E-state index in [1.165, 1.54) is 26.9 Å². The van der Waals surface area contributed by atoms with Gasteiger partial charge in [0, 0.05) is 11.4 Å². The van der Waals surface area contributed by atoms with Crippen molar-refractivity contribution >= 4 is 22.9 Å². The van der Waals surface area contributed by atoms with Crippen LogP contribution in [-0.4, -0.2) is 16.1 Å². The van der Waals surface area contributed by atoms with E-state index < -0.39 is 0 Å². The van der Waals surface area contributed by atoms with E-state index in [9.17, 15) is 0 Å². The highest BCUT2D eigenvalue weighted by Crippen LogP contribution is 2.34. The molecule has 0 bridgehead atoms. The van der Waals surface area contributed by atoms with Crippen LogP contribution >= 0.6 is 22.9 Å². The monoisotopic (exact) mass is 237 g/mol. The molecule has 2 aromatic heterocycles. The third kappa shape index (κ3) is 1.51. The molecular formula is C10H11N3S2. The standard InChI is InChI=1S/C10H11N3S2/c1-6-10(15-13-12-6)9-7-3-5-14-8(7)2-4-11-9/h3,5,9,11H,2,4H2,1H3. The predicted molar refractivity (Wildman–Crippen MR) is 62.5 cm³/mol. The largest absolute Gasteiger partial charge is 0.305 e. The Morgan fingerprint density at radius 2 is 2.47 bits per heavy atom. The fraction of sp³-hybridized carbons (Fsp3) is 0.400. The first kappa shape index (κ1) is 9.45. The van der Waals surface area contributed by atoms with Gasteiger partial charge in [-0.25, -0.2) is 0 Å². The van der Waals surface area contributed by atoms with Crippen LogP contribution < -0.4 is 5.32 Å². The Bertz CT molecular complexity index is 474. The Labute approximate surface area is 96.3 Å². The summed E-state index contributed by atoms with van der Waals surface area (Å²) in [7, 11) is 0. The molecule has 0 amide bonds. The van der Waals surface area contributed by atoms with Crippen molar-refractivity contribution in [1.82, 2.24) is 14.9 Å². The van der Waals surface area contributed by atoms with Crippen molar-refractivity contribution in [3.05, 3.63) is 32.5 Å². The smallest absolute Gasteiger partial charge is 0.0776 e. The van der Waals surface area contributed by atoms with Gasteiger partial charge in [0.1, 0.15) is 0 Å². The van der Waals surface area contributed by atoms with Gasteiger partial charge in [-0.1, -0.05) is 4.49 Å². The lowest BCUT2D eigenvalue weighted by atomic mass is 10.0. The number of nitrogens with zero attached hydrogens (tertiary/aromatic N) is 2. The van der Waals surface area contributed by atoms with E-state index >= 15 is 0 Å². The van der Waals surface area contributed by atoms with Crippen LogP contribution in [0.4, 0.5) is 0 Å². The zero-order chi connectivity index (χ0) is 10.3. The molecule has 78 valence electrons. The summed E-state index contributed by atoms with van der Waals surface area (Å²) in [6.45, 7) is 3.08. The maximum absolute atomic E-state index is 4.08. The zero-order valence-electron chi connectivity index (χ0n) is 8.36. The van der Waals surface area contributed by atoms with E-state index in [2.05, 4.69) is 26.4 Å². The Hall–Kier alpha value is -0.780. The van der Waals surface area contributed by atoms with Gasteiger partial charge in [-0.2, -0.15) is 0 Å². The van der Waals surface area contributed by atoms with Crippen LogP contribution in [0.15, 0.2) is 11.4 Å². The van der Waals surface area contributed by atoms with Crippen LogP contribution in [0.2, 0.25) is 0 Å². The lowest BCUT2D eigenvalue weighted by Gasteiger charge is -2.23. The average Bonchev–Trinajstić information content (AvgIpc) is 2.85. The number of fused-ring (bicyclic) bond motifs is 1. The van der Waals surface area contributed by atoms with Crippen LogP contribution in [-0.2, 0) is 6.42 Å². The molecule has 0 saturated carbocycles. The Balaban J connectivity index is 2.07. The van der Waals surface area contributed by atoms with E-state index in [0.29, 0.717) is 6.04 Å². The number of nitrogens with one attached hydrogen (secondary N) is 1. The molecular weight excluding hydrogens is 226 g/mol. The maximum Gasteiger partial charge on any atom is 0.0776 e. The summed E-state index contributed by atoms with van der Waals surface area (Å²) in [6, 6.07) is 2.54. The molecule has 0 radical (unpaired) electrons. The lowest BCUT2D eigenvalue weighted by Crippen LogP contribution is -2.29. The number of thiophene rings is 1. The molecule has 0 saturated heterocycles. The molecule has 3 heterocycles. The molecule has 2 aromatic rings. The van der Waals surface area contributed by atoms with E-state index in [0.717, 1.165) is 18.7 Å². The third-order valence-corrected chi connectivity index (χ3v) is 4.63. The molecule has 0 fully saturated rings. The second kappa shape index (κ2) is 3.66. The van der Waals surface area contributed by atoms with Gasteiger partial charge in [-0.3, -0.25) is 0 Å². The molecule has 1 atom stereocenters. The van der Waals surface area contributed by atoms with Crippen molar-refractivity contribution in [2.24, 2.45) is 0 Å². The third-order valence-electron chi connectivity index (χ3n) is 2.74. The molecule has 5 heteroatoms. The van der Waals surface area contributed by atoms with Gasteiger partial charge in [0.15, 0.2) is 0 Å². The highest BCUT2D eigenvalue weighted by atomic mass is 32.1. The number of hydrogen-bond acceptors (Lipinski definition) is 5. The molecule has 1 aliphatic rings. The predicted octanol–water partition coefficient (Wildman–Crippen LogP) is 2.14. The molecule has 1 unspecified atom stereocenters. The summed E-state index contributed by atoms with van der Waals surface area (Å²) in [5, 5.41) is 9.80. The lowest BCUT2D eigenvalue weighted by molar-refractivity contribution is 0.579. The van der Waals surface area contributed by atoms with E-state index in [1.807, 2.05) is 18.3 Å². The second-order valence-corrected chi connectivity index (χ2v) is 5.45. The van der Waals surface area contributed by atoms with E-state index in [4.69, 9.17) is 0 Å². The molecule has 1 aliphatic heterocycles. The molecule has 3 nitrogen and oxygen atoms in total. The molecule has 1 N–H and O–H groups in total. The number of rotatable bonds is 1. The van der Waals surface area contributed by atoms with Gasteiger partial charge < -0.3 is 5.32 Å². The topological polar surface area (TPSA) is 37.8 Å². The van der Waals surface area contributed by atoms with Gasteiger partial charge in [0.2, 0.25) is 0 Å². The molecule has 15 heavy (non-hydrogen) atoms. The molecule has 0 aliphatic carbocycles. The summed E-state index contributed by atoms with van der Waals surface area (Å²) >= 11 is 3.36. The van der Waals surface area contributed by atoms with Gasteiger partial charge in [-0.15, -0.1) is 16.4 Å². The average molecular weight is 237 g/mol. The maximum atomic E-state index is 4.08. The first-order valence-corrected chi connectivity index (χ1v) is 6.60. The minimum Gasteiger partial charge on any atom is -0.305 e. The van der Waals surface area contributed by atoms with Crippen molar-refractivity contribution in [1.29, 1.82) is 0 Å². The number of aromatic nitrogens is 2. The minimum atomic E-state index is 0.319. The first-order valence-electron chi connectivity index (χ1n) is 4.95. The van der Waals surface area contributed by atoms with Crippen molar-refractivity contribution < 1.29 is 0 Å². The van der Waals surface area contributed by atoms with E-state index in [1.54, 1.807) is 0 Å². The second-order valence-electron chi connectivity index (χ2n) is 3.66. The summed E-state index contributed by atoms with van der Waals surface area (Å²) in [5.41, 5.74) is 2.47. The van der Waals surface area contributed by atoms with Crippen molar-refractivity contribution in [3.8, 4) is 0 Å². The van der Waals surface area contributed by atoms with Crippen LogP contribution in [0.25, 0.3) is 0 Å². The van der Waals surface area contributed by atoms with Crippen molar-refractivity contribution in [3.63, 3.8) is 0 Å². The van der Waals surface area contributed by atoms with Crippen molar-refractivity contribution in [2.45, 2.75) is 19.4 Å². The summed E-state index contributed by atoms with van der Waals surface area (Å²) in [5.74, 6) is 0. The van der Waals surface area contributed by atoms with Gasteiger partial charge in [0.05, 0.1) is 16.6 Å². The summed E-state index contributed by atoms with van der Waals surface area (Å²) < 4.78 is 4.01. The quantitative estimate of drug-likeness (QED) is 0.826. The van der Waals surface area contributed by atoms with Crippen LogP contribution in [0.5, 0.6) is 0 Å². The molecule has 0 aromatic carbocycles. The van der Waals surface area contributed by atoms with Crippen molar-refractivity contribution in [2.75, 3.05) is 6.54 Å². The summed E-state index contributed by atoms with van der Waals surface area (Å²) in [4.78, 5) is 2.76. The highest BCUT2D eigenvalue weighted by molar-refractivity contribution is 7.10. The first-order chi connectivity index (χ1) is 7.36. The van der Waals surface area contributed by atoms with E-state index in [-0.39, 0.29) is 0 Å². The van der Waals surface area contributed by atoms with Crippen LogP contribution in [0.3, 0.4) is 0 Å². The Morgan fingerprint density at radius 1 is 1.53 bits per heavy atom. The molecule has 0 spiro atoms. The van der Waals surface area contributed by atoms with Gasteiger partial charge >= 0.3 is 0 Å². The van der Waals surface area contributed by atoms with Gasteiger partial charge in [-0.05, 0) is 41.9 Å². The normalized spacial score (nSPS) is 20.2. The Morgan fingerprint density at radius 3 is 3.27 bits per heavy atom. The van der Waals surface area contributed by atoms with Gasteiger partial charge in [0.25, 0.3) is 0 Å². The molecule has 3 rings (SSSR count). The number of hydrogen-bond donors (Lipinski definition) is 1. The summed E-state index contributed by atoms with van der Waals surface area (Å²) in [6.07, 6.45) is 1.15. The SMILES string of the molecule is Cc1nnsc1C1NCCc2sccc21. The fourth-order valence-electron chi connectivity index (χ4n) is 1.99. The van der Waals surface area contributed by atoms with Crippen LogP contribution in [0.1, 0.15) is 27.1 Å². The minimum absolute atomic E-state index is 0.319.